The molecule has 0 aliphatic carbocycles. The minimum atomic E-state index is 0.182. The lowest BCUT2D eigenvalue weighted by Gasteiger charge is -2.27. The van der Waals surface area contributed by atoms with Crippen LogP contribution >= 0.6 is 0 Å². The summed E-state index contributed by atoms with van der Waals surface area (Å²) in [4.78, 5) is 2.28. The lowest BCUT2D eigenvalue weighted by atomic mass is 10.0. The molecule has 0 aliphatic heterocycles. The van der Waals surface area contributed by atoms with Gasteiger partial charge in [0.25, 0.3) is 0 Å². The second kappa shape index (κ2) is 7.25. The van der Waals surface area contributed by atoms with Gasteiger partial charge in [-0.05, 0) is 37.2 Å². The summed E-state index contributed by atoms with van der Waals surface area (Å²) in [5, 5.41) is 0. The Bertz CT molecular complexity index is 566. The zero-order valence-electron chi connectivity index (χ0n) is 13.0. The van der Waals surface area contributed by atoms with Gasteiger partial charge >= 0.3 is 0 Å². The largest absolute Gasteiger partial charge is 0.497 e. The predicted molar refractivity (Wildman–Crippen MR) is 87.4 cm³/mol. The third-order valence-electron chi connectivity index (χ3n) is 3.79. The van der Waals surface area contributed by atoms with Crippen LogP contribution in [0.5, 0.6) is 5.75 Å². The number of nitrogens with zero attached hydrogens (tertiary/aromatic N) is 1. The first-order valence-electron chi connectivity index (χ1n) is 7.24. The van der Waals surface area contributed by atoms with Crippen LogP contribution in [0.4, 0.5) is 0 Å². The van der Waals surface area contributed by atoms with E-state index in [-0.39, 0.29) is 6.04 Å². The standard InChI is InChI=1S/C18H24N2O/c1-14-7-9-15(10-8-14)13-20(2)18(12-19)16-5-4-6-17(11-16)21-3/h4-11,18H,12-13,19H2,1-3H3. The van der Waals surface area contributed by atoms with Crippen LogP contribution in [-0.2, 0) is 6.54 Å². The fourth-order valence-corrected chi connectivity index (χ4v) is 2.51. The number of nitrogens with two attached hydrogens (primary N) is 1. The Hall–Kier alpha value is -1.84. The second-order valence-electron chi connectivity index (χ2n) is 5.43. The lowest BCUT2D eigenvalue weighted by Crippen LogP contribution is -2.30. The maximum atomic E-state index is 5.99. The number of rotatable bonds is 6. The van der Waals surface area contributed by atoms with E-state index in [4.69, 9.17) is 10.5 Å². The molecule has 0 aromatic heterocycles. The summed E-state index contributed by atoms with van der Waals surface area (Å²) in [6, 6.07) is 16.9. The monoisotopic (exact) mass is 284 g/mol. The Labute approximate surface area is 127 Å². The van der Waals surface area contributed by atoms with Crippen LogP contribution in [0.1, 0.15) is 22.7 Å². The molecule has 1 atom stereocenters. The number of methoxy groups -OCH3 is 1. The van der Waals surface area contributed by atoms with Gasteiger partial charge in [-0.2, -0.15) is 0 Å². The van der Waals surface area contributed by atoms with Crippen molar-refractivity contribution in [1.82, 2.24) is 4.90 Å². The molecule has 1 unspecified atom stereocenters. The second-order valence-corrected chi connectivity index (χ2v) is 5.43. The van der Waals surface area contributed by atoms with Crippen molar-refractivity contribution in [2.75, 3.05) is 20.7 Å². The highest BCUT2D eigenvalue weighted by atomic mass is 16.5. The molecule has 0 bridgehead atoms. The van der Waals surface area contributed by atoms with Gasteiger partial charge in [-0.3, -0.25) is 4.90 Å². The van der Waals surface area contributed by atoms with Crippen molar-refractivity contribution in [2.45, 2.75) is 19.5 Å². The summed E-state index contributed by atoms with van der Waals surface area (Å²) in [5.41, 5.74) is 9.76. The van der Waals surface area contributed by atoms with Gasteiger partial charge in [-0.25, -0.2) is 0 Å². The van der Waals surface area contributed by atoms with E-state index in [0.29, 0.717) is 6.54 Å². The molecule has 2 aromatic rings. The molecule has 2 aromatic carbocycles. The molecule has 0 spiro atoms. The third kappa shape index (κ3) is 4.06. The van der Waals surface area contributed by atoms with Gasteiger partial charge in [0.1, 0.15) is 5.75 Å². The van der Waals surface area contributed by atoms with Crippen molar-refractivity contribution >= 4 is 0 Å². The average molecular weight is 284 g/mol. The van der Waals surface area contributed by atoms with Gasteiger partial charge in [-0.15, -0.1) is 0 Å². The van der Waals surface area contributed by atoms with Gasteiger partial charge in [0, 0.05) is 19.1 Å². The summed E-state index contributed by atoms with van der Waals surface area (Å²) < 4.78 is 5.30. The van der Waals surface area contributed by atoms with Crippen LogP contribution in [0.3, 0.4) is 0 Å². The number of benzene rings is 2. The van der Waals surface area contributed by atoms with E-state index in [2.05, 4.69) is 55.3 Å². The quantitative estimate of drug-likeness (QED) is 0.885. The van der Waals surface area contributed by atoms with Crippen molar-refractivity contribution in [3.8, 4) is 5.75 Å². The van der Waals surface area contributed by atoms with E-state index in [9.17, 15) is 0 Å². The smallest absolute Gasteiger partial charge is 0.119 e. The first-order chi connectivity index (χ1) is 10.1. The highest BCUT2D eigenvalue weighted by Crippen LogP contribution is 2.24. The van der Waals surface area contributed by atoms with Crippen molar-refractivity contribution in [2.24, 2.45) is 5.73 Å². The third-order valence-corrected chi connectivity index (χ3v) is 3.79. The number of ether oxygens (including phenoxy) is 1. The number of hydrogen-bond donors (Lipinski definition) is 1. The zero-order valence-corrected chi connectivity index (χ0v) is 13.0. The molecule has 2 rings (SSSR count). The fourth-order valence-electron chi connectivity index (χ4n) is 2.51. The predicted octanol–water partition coefficient (Wildman–Crippen LogP) is 3.14. The van der Waals surface area contributed by atoms with Crippen LogP contribution in [0, 0.1) is 6.92 Å². The molecule has 2 N–H and O–H groups in total. The Balaban J connectivity index is 2.13. The number of likely N-dealkylation sites (N-methyl/N-ethyl adjacent to an activating group) is 1. The maximum absolute atomic E-state index is 5.99. The zero-order chi connectivity index (χ0) is 15.2. The van der Waals surface area contributed by atoms with E-state index < -0.39 is 0 Å². The highest BCUT2D eigenvalue weighted by molar-refractivity contribution is 5.31. The van der Waals surface area contributed by atoms with Crippen LogP contribution < -0.4 is 10.5 Å². The molecule has 0 saturated heterocycles. The first-order valence-corrected chi connectivity index (χ1v) is 7.24. The fraction of sp³-hybridized carbons (Fsp3) is 0.333. The van der Waals surface area contributed by atoms with Gasteiger partial charge < -0.3 is 10.5 Å². The Morgan fingerprint density at radius 3 is 2.48 bits per heavy atom. The van der Waals surface area contributed by atoms with Crippen molar-refractivity contribution in [3.63, 3.8) is 0 Å². The van der Waals surface area contributed by atoms with E-state index in [1.54, 1.807) is 7.11 Å². The molecule has 3 heteroatoms. The van der Waals surface area contributed by atoms with Crippen molar-refractivity contribution in [3.05, 3.63) is 65.2 Å². The van der Waals surface area contributed by atoms with Gasteiger partial charge in [0.15, 0.2) is 0 Å². The molecular weight excluding hydrogens is 260 g/mol. The molecule has 0 aliphatic rings. The highest BCUT2D eigenvalue weighted by Gasteiger charge is 2.16. The summed E-state index contributed by atoms with van der Waals surface area (Å²) in [5.74, 6) is 0.870. The average Bonchev–Trinajstić information content (AvgIpc) is 2.50. The topological polar surface area (TPSA) is 38.5 Å². The molecule has 0 saturated carbocycles. The summed E-state index contributed by atoms with van der Waals surface area (Å²) in [6.45, 7) is 3.56. The van der Waals surface area contributed by atoms with Gasteiger partial charge in [-0.1, -0.05) is 42.0 Å². The summed E-state index contributed by atoms with van der Waals surface area (Å²) in [6.07, 6.45) is 0. The van der Waals surface area contributed by atoms with E-state index in [1.807, 2.05) is 12.1 Å². The van der Waals surface area contributed by atoms with Crippen LogP contribution in [0.15, 0.2) is 48.5 Å². The molecular formula is C18H24N2O. The maximum Gasteiger partial charge on any atom is 0.119 e. The molecule has 0 radical (unpaired) electrons. The minimum absolute atomic E-state index is 0.182. The van der Waals surface area contributed by atoms with Crippen LogP contribution in [0.25, 0.3) is 0 Å². The van der Waals surface area contributed by atoms with Gasteiger partial charge in [0.2, 0.25) is 0 Å². The number of aryl methyl sites for hydroxylation is 1. The number of hydrogen-bond acceptors (Lipinski definition) is 3. The van der Waals surface area contributed by atoms with E-state index >= 15 is 0 Å². The molecule has 0 heterocycles. The van der Waals surface area contributed by atoms with E-state index in [0.717, 1.165) is 12.3 Å². The van der Waals surface area contributed by atoms with Crippen LogP contribution in [0.2, 0.25) is 0 Å². The molecule has 21 heavy (non-hydrogen) atoms. The molecule has 112 valence electrons. The van der Waals surface area contributed by atoms with Crippen molar-refractivity contribution < 1.29 is 4.74 Å². The van der Waals surface area contributed by atoms with Crippen LogP contribution in [-0.4, -0.2) is 25.6 Å². The summed E-state index contributed by atoms with van der Waals surface area (Å²) >= 11 is 0. The lowest BCUT2D eigenvalue weighted by molar-refractivity contribution is 0.241. The summed E-state index contributed by atoms with van der Waals surface area (Å²) in [7, 11) is 3.80. The Morgan fingerprint density at radius 2 is 1.86 bits per heavy atom. The molecule has 3 nitrogen and oxygen atoms in total. The van der Waals surface area contributed by atoms with E-state index in [1.165, 1.54) is 16.7 Å². The SMILES string of the molecule is COc1cccc(C(CN)N(C)Cc2ccc(C)cc2)c1. The first kappa shape index (κ1) is 15.5. The molecule has 0 fully saturated rings. The Morgan fingerprint density at radius 1 is 1.14 bits per heavy atom. The normalized spacial score (nSPS) is 12.4. The van der Waals surface area contributed by atoms with Crippen molar-refractivity contribution in [1.29, 1.82) is 0 Å². The van der Waals surface area contributed by atoms with Gasteiger partial charge in [0.05, 0.1) is 7.11 Å². The minimum Gasteiger partial charge on any atom is -0.497 e. The Kier molecular flexibility index (Phi) is 5.37. The molecule has 0 amide bonds.